The molecule has 1 rings (SSSR count). The molecule has 0 unspecified atom stereocenters. The maximum absolute atomic E-state index is 11.8. The number of carboxylic acids is 1. The van der Waals surface area contributed by atoms with E-state index in [0.29, 0.717) is 11.3 Å². The van der Waals surface area contributed by atoms with Crippen LogP contribution in [-0.2, 0) is 9.53 Å². The number of rotatable bonds is 5. The molecule has 0 radical (unpaired) electrons. The van der Waals surface area contributed by atoms with Crippen LogP contribution in [0.15, 0.2) is 24.3 Å². The topological polar surface area (TPSA) is 84.9 Å². The number of aliphatic carboxylic acids is 1. The highest BCUT2D eigenvalue weighted by atomic mass is 16.6. The van der Waals surface area contributed by atoms with Gasteiger partial charge in [-0.05, 0) is 38.5 Å². The van der Waals surface area contributed by atoms with Crippen molar-refractivity contribution in [2.24, 2.45) is 0 Å². The van der Waals surface area contributed by atoms with Crippen molar-refractivity contribution < 1.29 is 24.2 Å². The Bertz CT molecular complexity index is 490. The van der Waals surface area contributed by atoms with Crippen LogP contribution in [0.5, 0.6) is 5.75 Å². The summed E-state index contributed by atoms with van der Waals surface area (Å²) in [6.07, 6.45) is -0.879. The predicted molar refractivity (Wildman–Crippen MR) is 77.4 cm³/mol. The summed E-state index contributed by atoms with van der Waals surface area (Å²) in [6, 6.07) is 6.18. The maximum atomic E-state index is 11.8. The van der Waals surface area contributed by atoms with E-state index in [2.05, 4.69) is 5.32 Å². The Labute approximate surface area is 124 Å². The zero-order valence-corrected chi connectivity index (χ0v) is 12.7. The fraction of sp³-hybridized carbons (Fsp3) is 0.467. The summed E-state index contributed by atoms with van der Waals surface area (Å²) < 4.78 is 10.2. The van der Waals surface area contributed by atoms with Gasteiger partial charge in [-0.3, -0.25) is 4.79 Å². The van der Waals surface area contributed by atoms with Gasteiger partial charge in [-0.15, -0.1) is 0 Å². The van der Waals surface area contributed by atoms with E-state index in [0.717, 1.165) is 0 Å². The standard InChI is InChI=1S/C15H21NO5/c1-15(2,3)21-14(19)16-12(9-13(17)18)10-5-7-11(20-4)8-6-10/h5-8,12H,9H2,1-4H3,(H,16,19)(H,17,18)/t12-/m0/s1. The van der Waals surface area contributed by atoms with Crippen molar-refractivity contribution in [3.05, 3.63) is 29.8 Å². The molecule has 1 aromatic rings. The molecule has 0 aliphatic heterocycles. The second kappa shape index (κ2) is 6.97. The zero-order valence-electron chi connectivity index (χ0n) is 12.7. The Morgan fingerprint density at radius 1 is 1.24 bits per heavy atom. The SMILES string of the molecule is COc1ccc([C@H](CC(=O)O)NC(=O)OC(C)(C)C)cc1. The minimum Gasteiger partial charge on any atom is -0.497 e. The Hall–Kier alpha value is -2.24. The third kappa shape index (κ3) is 6.16. The van der Waals surface area contributed by atoms with E-state index in [4.69, 9.17) is 14.6 Å². The fourth-order valence-corrected chi connectivity index (χ4v) is 1.71. The van der Waals surface area contributed by atoms with Crippen LogP contribution >= 0.6 is 0 Å². The lowest BCUT2D eigenvalue weighted by Crippen LogP contribution is -2.35. The number of nitrogens with one attached hydrogen (secondary N) is 1. The van der Waals surface area contributed by atoms with Crippen LogP contribution < -0.4 is 10.1 Å². The highest BCUT2D eigenvalue weighted by molar-refractivity contribution is 5.72. The molecule has 0 heterocycles. The fourth-order valence-electron chi connectivity index (χ4n) is 1.71. The largest absolute Gasteiger partial charge is 0.497 e. The van der Waals surface area contributed by atoms with Crippen LogP contribution in [0, 0.1) is 0 Å². The van der Waals surface area contributed by atoms with Crippen molar-refractivity contribution in [2.75, 3.05) is 7.11 Å². The Morgan fingerprint density at radius 3 is 2.24 bits per heavy atom. The molecule has 116 valence electrons. The van der Waals surface area contributed by atoms with Gasteiger partial charge in [0.05, 0.1) is 19.6 Å². The molecule has 6 nitrogen and oxygen atoms in total. The second-order valence-electron chi connectivity index (χ2n) is 5.57. The summed E-state index contributed by atoms with van der Waals surface area (Å²) >= 11 is 0. The quantitative estimate of drug-likeness (QED) is 0.872. The molecular formula is C15H21NO5. The molecule has 0 saturated heterocycles. The van der Waals surface area contributed by atoms with Gasteiger partial charge in [0.2, 0.25) is 0 Å². The van der Waals surface area contributed by atoms with Crippen LogP contribution in [0.3, 0.4) is 0 Å². The van der Waals surface area contributed by atoms with Gasteiger partial charge in [-0.2, -0.15) is 0 Å². The summed E-state index contributed by atoms with van der Waals surface area (Å²) in [4.78, 5) is 22.8. The molecule has 0 saturated carbocycles. The van der Waals surface area contributed by atoms with E-state index in [9.17, 15) is 9.59 Å². The van der Waals surface area contributed by atoms with Gasteiger partial charge in [0.15, 0.2) is 0 Å². The summed E-state index contributed by atoms with van der Waals surface area (Å²) in [6.45, 7) is 5.23. The van der Waals surface area contributed by atoms with E-state index in [-0.39, 0.29) is 6.42 Å². The van der Waals surface area contributed by atoms with E-state index in [1.54, 1.807) is 52.1 Å². The third-order valence-electron chi connectivity index (χ3n) is 2.59. The van der Waals surface area contributed by atoms with Crippen molar-refractivity contribution in [1.29, 1.82) is 0 Å². The molecule has 6 heteroatoms. The highest BCUT2D eigenvalue weighted by Crippen LogP contribution is 2.21. The molecule has 1 atom stereocenters. The van der Waals surface area contributed by atoms with Crippen LogP contribution in [0.2, 0.25) is 0 Å². The number of ether oxygens (including phenoxy) is 2. The van der Waals surface area contributed by atoms with Crippen LogP contribution in [0.25, 0.3) is 0 Å². The van der Waals surface area contributed by atoms with Crippen molar-refractivity contribution in [1.82, 2.24) is 5.32 Å². The van der Waals surface area contributed by atoms with Gasteiger partial charge in [-0.1, -0.05) is 12.1 Å². The number of hydrogen-bond donors (Lipinski definition) is 2. The molecule has 0 fully saturated rings. The van der Waals surface area contributed by atoms with Crippen molar-refractivity contribution >= 4 is 12.1 Å². The number of carboxylic acid groups (broad SMARTS) is 1. The van der Waals surface area contributed by atoms with E-state index >= 15 is 0 Å². The van der Waals surface area contributed by atoms with E-state index < -0.39 is 23.7 Å². The molecule has 0 aliphatic carbocycles. The van der Waals surface area contributed by atoms with Crippen LogP contribution in [-0.4, -0.2) is 29.9 Å². The number of hydrogen-bond acceptors (Lipinski definition) is 4. The third-order valence-corrected chi connectivity index (χ3v) is 2.59. The lowest BCUT2D eigenvalue weighted by molar-refractivity contribution is -0.137. The molecule has 0 aromatic heterocycles. The number of carbonyl (C=O) groups is 2. The predicted octanol–water partition coefficient (Wildman–Crippen LogP) is 2.74. The number of methoxy groups -OCH3 is 1. The van der Waals surface area contributed by atoms with Gasteiger partial charge in [0.1, 0.15) is 11.4 Å². The lowest BCUT2D eigenvalue weighted by atomic mass is 10.0. The Morgan fingerprint density at radius 2 is 1.81 bits per heavy atom. The Kier molecular flexibility index (Phi) is 5.58. The number of amides is 1. The summed E-state index contributed by atoms with van der Waals surface area (Å²) in [5.74, 6) is -0.350. The number of benzene rings is 1. The minimum atomic E-state index is -1.01. The molecule has 1 amide bonds. The molecule has 0 spiro atoms. The van der Waals surface area contributed by atoms with Crippen LogP contribution in [0.4, 0.5) is 4.79 Å². The van der Waals surface area contributed by atoms with E-state index in [1.807, 2.05) is 0 Å². The minimum absolute atomic E-state index is 0.231. The average Bonchev–Trinajstić information content (AvgIpc) is 2.35. The molecule has 1 aromatic carbocycles. The van der Waals surface area contributed by atoms with Gasteiger partial charge in [-0.25, -0.2) is 4.79 Å². The van der Waals surface area contributed by atoms with Gasteiger partial charge in [0.25, 0.3) is 0 Å². The van der Waals surface area contributed by atoms with Crippen LogP contribution in [0.1, 0.15) is 38.8 Å². The second-order valence-corrected chi connectivity index (χ2v) is 5.57. The molecule has 0 bridgehead atoms. The van der Waals surface area contributed by atoms with Gasteiger partial charge < -0.3 is 19.9 Å². The summed E-state index contributed by atoms with van der Waals surface area (Å²) in [7, 11) is 1.54. The summed E-state index contributed by atoms with van der Waals surface area (Å²) in [5, 5.41) is 11.6. The summed E-state index contributed by atoms with van der Waals surface area (Å²) in [5.41, 5.74) is 0.0293. The zero-order chi connectivity index (χ0) is 16.0. The molecule has 2 N–H and O–H groups in total. The van der Waals surface area contributed by atoms with Gasteiger partial charge in [0, 0.05) is 0 Å². The first-order valence-corrected chi connectivity index (χ1v) is 6.56. The molecular weight excluding hydrogens is 274 g/mol. The average molecular weight is 295 g/mol. The highest BCUT2D eigenvalue weighted by Gasteiger charge is 2.22. The van der Waals surface area contributed by atoms with Gasteiger partial charge >= 0.3 is 12.1 Å². The molecule has 21 heavy (non-hydrogen) atoms. The van der Waals surface area contributed by atoms with Crippen molar-refractivity contribution in [3.8, 4) is 5.75 Å². The first-order valence-electron chi connectivity index (χ1n) is 6.56. The monoisotopic (exact) mass is 295 g/mol. The van der Waals surface area contributed by atoms with Crippen molar-refractivity contribution in [3.63, 3.8) is 0 Å². The number of carbonyl (C=O) groups excluding carboxylic acids is 1. The lowest BCUT2D eigenvalue weighted by Gasteiger charge is -2.23. The Balaban J connectivity index is 2.84. The first kappa shape index (κ1) is 16.8. The first-order chi connectivity index (χ1) is 9.71. The molecule has 0 aliphatic rings. The number of alkyl carbamates (subject to hydrolysis) is 1. The van der Waals surface area contributed by atoms with E-state index in [1.165, 1.54) is 0 Å². The smallest absolute Gasteiger partial charge is 0.408 e. The normalized spacial score (nSPS) is 12.4. The maximum Gasteiger partial charge on any atom is 0.408 e. The van der Waals surface area contributed by atoms with Crippen molar-refractivity contribution in [2.45, 2.75) is 38.8 Å².